The maximum absolute atomic E-state index is 11.9. The molecule has 0 aliphatic heterocycles. The number of carbonyl (C=O) groups excluding carboxylic acids is 1. The molecule has 5 nitrogen and oxygen atoms in total. The third-order valence-corrected chi connectivity index (χ3v) is 4.59. The topological polar surface area (TPSA) is 64.4 Å². The SMILES string of the molecule is CCOC(=O)C1CCc2sc(NCc3ccc(C)o3)nc21. The van der Waals surface area contributed by atoms with Crippen LogP contribution in [0.25, 0.3) is 0 Å². The molecule has 0 bridgehead atoms. The first kappa shape index (κ1) is 14.1. The number of hydrogen-bond donors (Lipinski definition) is 1. The van der Waals surface area contributed by atoms with Gasteiger partial charge in [-0.3, -0.25) is 4.79 Å². The number of rotatable bonds is 5. The van der Waals surface area contributed by atoms with Crippen molar-refractivity contribution >= 4 is 22.4 Å². The number of ether oxygens (including phenoxy) is 1. The Bertz CT molecular complexity index is 647. The van der Waals surface area contributed by atoms with E-state index in [1.165, 1.54) is 4.88 Å². The molecular formula is C15H18N2O3S. The molecule has 112 valence electrons. The Balaban J connectivity index is 1.67. The van der Waals surface area contributed by atoms with Crippen LogP contribution in [-0.2, 0) is 22.5 Å². The third-order valence-electron chi connectivity index (χ3n) is 3.50. The van der Waals surface area contributed by atoms with Crippen molar-refractivity contribution in [1.82, 2.24) is 4.98 Å². The number of fused-ring (bicyclic) bond motifs is 1. The highest BCUT2D eigenvalue weighted by atomic mass is 32.1. The van der Waals surface area contributed by atoms with E-state index in [4.69, 9.17) is 9.15 Å². The van der Waals surface area contributed by atoms with Gasteiger partial charge in [-0.15, -0.1) is 11.3 Å². The van der Waals surface area contributed by atoms with E-state index < -0.39 is 0 Å². The van der Waals surface area contributed by atoms with Gasteiger partial charge >= 0.3 is 5.97 Å². The van der Waals surface area contributed by atoms with Crippen molar-refractivity contribution in [2.75, 3.05) is 11.9 Å². The summed E-state index contributed by atoms with van der Waals surface area (Å²) in [7, 11) is 0. The number of thiazole rings is 1. The second-order valence-electron chi connectivity index (χ2n) is 5.04. The predicted octanol–water partition coefficient (Wildman–Crippen LogP) is 3.25. The first-order chi connectivity index (χ1) is 10.2. The van der Waals surface area contributed by atoms with Crippen LogP contribution in [0.5, 0.6) is 0 Å². The Labute approximate surface area is 127 Å². The van der Waals surface area contributed by atoms with Gasteiger partial charge in [0.25, 0.3) is 0 Å². The Morgan fingerprint density at radius 3 is 3.14 bits per heavy atom. The highest BCUT2D eigenvalue weighted by molar-refractivity contribution is 7.15. The number of esters is 1. The van der Waals surface area contributed by atoms with Gasteiger partial charge in [-0.1, -0.05) is 0 Å². The van der Waals surface area contributed by atoms with Crippen LogP contribution in [0.4, 0.5) is 5.13 Å². The molecule has 0 amide bonds. The number of aryl methyl sites for hydroxylation is 2. The fourth-order valence-corrected chi connectivity index (χ4v) is 3.55. The molecule has 0 saturated carbocycles. The molecule has 0 saturated heterocycles. The minimum Gasteiger partial charge on any atom is -0.465 e. The molecule has 1 N–H and O–H groups in total. The van der Waals surface area contributed by atoms with Crippen LogP contribution < -0.4 is 5.32 Å². The molecular weight excluding hydrogens is 288 g/mol. The molecule has 0 aromatic carbocycles. The van der Waals surface area contributed by atoms with Gasteiger partial charge in [-0.25, -0.2) is 4.98 Å². The van der Waals surface area contributed by atoms with Crippen molar-refractivity contribution in [3.63, 3.8) is 0 Å². The number of nitrogens with one attached hydrogen (secondary N) is 1. The molecule has 2 aromatic heterocycles. The molecule has 2 aromatic rings. The zero-order valence-corrected chi connectivity index (χ0v) is 13.0. The molecule has 6 heteroatoms. The lowest BCUT2D eigenvalue weighted by molar-refractivity contribution is -0.145. The van der Waals surface area contributed by atoms with Crippen molar-refractivity contribution in [3.8, 4) is 0 Å². The smallest absolute Gasteiger partial charge is 0.315 e. The molecule has 3 rings (SSSR count). The molecule has 1 atom stereocenters. The van der Waals surface area contributed by atoms with Crippen LogP contribution in [0.1, 0.15) is 41.4 Å². The summed E-state index contributed by atoms with van der Waals surface area (Å²) in [5.74, 6) is 1.42. The summed E-state index contributed by atoms with van der Waals surface area (Å²) >= 11 is 1.62. The van der Waals surface area contributed by atoms with Crippen molar-refractivity contribution in [1.29, 1.82) is 0 Å². The van der Waals surface area contributed by atoms with E-state index in [1.807, 2.05) is 26.0 Å². The average molecular weight is 306 g/mol. The number of carbonyl (C=O) groups is 1. The van der Waals surface area contributed by atoms with Crippen molar-refractivity contribution in [2.45, 2.75) is 39.2 Å². The van der Waals surface area contributed by atoms with E-state index in [2.05, 4.69) is 10.3 Å². The lowest BCUT2D eigenvalue weighted by Crippen LogP contribution is -2.14. The van der Waals surface area contributed by atoms with Crippen molar-refractivity contribution in [2.24, 2.45) is 0 Å². The van der Waals surface area contributed by atoms with Gasteiger partial charge in [0, 0.05) is 4.88 Å². The maximum Gasteiger partial charge on any atom is 0.315 e. The normalized spacial score (nSPS) is 16.8. The van der Waals surface area contributed by atoms with Gasteiger partial charge in [-0.05, 0) is 38.8 Å². The molecule has 1 unspecified atom stereocenters. The number of furan rings is 1. The van der Waals surface area contributed by atoms with Gasteiger partial charge in [0.1, 0.15) is 17.4 Å². The Morgan fingerprint density at radius 2 is 2.43 bits per heavy atom. The lowest BCUT2D eigenvalue weighted by Gasteiger charge is -2.07. The van der Waals surface area contributed by atoms with Crippen LogP contribution in [-0.4, -0.2) is 17.6 Å². The molecule has 0 spiro atoms. The number of nitrogens with zero attached hydrogens (tertiary/aromatic N) is 1. The zero-order valence-electron chi connectivity index (χ0n) is 12.1. The first-order valence-corrected chi connectivity index (χ1v) is 7.94. The van der Waals surface area contributed by atoms with Crippen LogP contribution in [0.2, 0.25) is 0 Å². The molecule has 1 aliphatic carbocycles. The molecule has 0 radical (unpaired) electrons. The molecule has 0 fully saturated rings. The summed E-state index contributed by atoms with van der Waals surface area (Å²) in [6.45, 7) is 4.76. The second-order valence-corrected chi connectivity index (χ2v) is 6.12. The highest BCUT2D eigenvalue weighted by Gasteiger charge is 2.33. The lowest BCUT2D eigenvalue weighted by atomic mass is 10.1. The highest BCUT2D eigenvalue weighted by Crippen LogP contribution is 2.39. The molecule has 2 heterocycles. The Morgan fingerprint density at radius 1 is 1.57 bits per heavy atom. The van der Waals surface area contributed by atoms with Gasteiger partial charge in [0.05, 0.1) is 18.8 Å². The van der Waals surface area contributed by atoms with Crippen LogP contribution >= 0.6 is 11.3 Å². The van der Waals surface area contributed by atoms with Gasteiger partial charge in [0.2, 0.25) is 0 Å². The predicted molar refractivity (Wildman–Crippen MR) is 80.6 cm³/mol. The summed E-state index contributed by atoms with van der Waals surface area (Å²) in [5, 5.41) is 4.09. The second kappa shape index (κ2) is 5.89. The van der Waals surface area contributed by atoms with E-state index in [1.54, 1.807) is 11.3 Å². The summed E-state index contributed by atoms with van der Waals surface area (Å²) in [4.78, 5) is 17.7. The van der Waals surface area contributed by atoms with Gasteiger partial charge in [-0.2, -0.15) is 0 Å². The maximum atomic E-state index is 11.9. The van der Waals surface area contributed by atoms with E-state index >= 15 is 0 Å². The minimum atomic E-state index is -0.197. The van der Waals surface area contributed by atoms with E-state index in [0.29, 0.717) is 13.2 Å². The number of hydrogen-bond acceptors (Lipinski definition) is 6. The fraction of sp³-hybridized carbons (Fsp3) is 0.467. The summed E-state index contributed by atoms with van der Waals surface area (Å²) < 4.78 is 10.6. The quantitative estimate of drug-likeness (QED) is 0.859. The first-order valence-electron chi connectivity index (χ1n) is 7.12. The van der Waals surface area contributed by atoms with Crippen LogP contribution in [0, 0.1) is 6.92 Å². The van der Waals surface area contributed by atoms with E-state index in [0.717, 1.165) is 35.2 Å². The minimum absolute atomic E-state index is 0.158. The van der Waals surface area contributed by atoms with Crippen LogP contribution in [0.3, 0.4) is 0 Å². The summed E-state index contributed by atoms with van der Waals surface area (Å²) in [6.07, 6.45) is 1.71. The zero-order chi connectivity index (χ0) is 14.8. The number of aromatic nitrogens is 1. The third kappa shape index (κ3) is 2.95. The van der Waals surface area contributed by atoms with Crippen molar-refractivity contribution in [3.05, 3.63) is 34.2 Å². The van der Waals surface area contributed by atoms with E-state index in [-0.39, 0.29) is 11.9 Å². The average Bonchev–Trinajstić information content (AvgIpc) is 3.11. The van der Waals surface area contributed by atoms with Gasteiger partial charge in [0.15, 0.2) is 5.13 Å². The Hall–Kier alpha value is -1.82. The van der Waals surface area contributed by atoms with Gasteiger partial charge < -0.3 is 14.5 Å². The largest absolute Gasteiger partial charge is 0.465 e. The van der Waals surface area contributed by atoms with E-state index in [9.17, 15) is 4.79 Å². The fourth-order valence-electron chi connectivity index (χ4n) is 2.52. The monoisotopic (exact) mass is 306 g/mol. The summed E-state index contributed by atoms with van der Waals surface area (Å²) in [6, 6.07) is 3.89. The number of anilines is 1. The molecule has 1 aliphatic rings. The summed E-state index contributed by atoms with van der Waals surface area (Å²) in [5.41, 5.74) is 0.886. The molecule has 21 heavy (non-hydrogen) atoms. The standard InChI is InChI=1S/C15H18N2O3S/c1-3-19-14(18)11-6-7-12-13(11)17-15(21-12)16-8-10-5-4-9(2)20-10/h4-5,11H,3,6-8H2,1-2H3,(H,16,17). The Kier molecular flexibility index (Phi) is 3.96. The van der Waals surface area contributed by atoms with Crippen molar-refractivity contribution < 1.29 is 13.9 Å². The van der Waals surface area contributed by atoms with Crippen LogP contribution in [0.15, 0.2) is 16.5 Å².